The minimum Gasteiger partial charge on any atom is -0.333 e. The van der Waals surface area contributed by atoms with Crippen LogP contribution in [0.1, 0.15) is 23.6 Å². The monoisotopic (exact) mass is 391 g/mol. The highest BCUT2D eigenvalue weighted by molar-refractivity contribution is 5.80. The van der Waals surface area contributed by atoms with E-state index in [2.05, 4.69) is 78.6 Å². The zero-order valence-corrected chi connectivity index (χ0v) is 17.4. The normalized spacial score (nSPS) is 23.0. The Hall–Kier alpha value is -2.43. The van der Waals surface area contributed by atoms with Gasteiger partial charge in [-0.25, -0.2) is 0 Å². The van der Waals surface area contributed by atoms with Crippen molar-refractivity contribution in [3.63, 3.8) is 0 Å². The fourth-order valence-corrected chi connectivity index (χ4v) is 4.62. The molecule has 0 unspecified atom stereocenters. The number of quaternary nitrogens is 2. The molecule has 0 aliphatic carbocycles. The van der Waals surface area contributed by atoms with Gasteiger partial charge in [0.2, 0.25) is 0 Å². The molecule has 2 N–H and O–H groups in total. The molecule has 1 fully saturated rings. The molecule has 0 spiro atoms. The van der Waals surface area contributed by atoms with E-state index in [-0.39, 0.29) is 6.04 Å². The molecule has 4 nitrogen and oxygen atoms in total. The molecule has 2 aliphatic heterocycles. The van der Waals surface area contributed by atoms with Crippen molar-refractivity contribution in [3.05, 3.63) is 77.4 Å². The van der Waals surface area contributed by atoms with Crippen molar-refractivity contribution in [1.82, 2.24) is 4.90 Å². The number of fused-ring (bicyclic) bond motifs is 1. The minimum atomic E-state index is 0.0571. The lowest BCUT2D eigenvalue weighted by Crippen LogP contribution is -3.30. The molecular weight excluding hydrogens is 358 g/mol. The van der Waals surface area contributed by atoms with Crippen molar-refractivity contribution >= 4 is 12.0 Å². The van der Waals surface area contributed by atoms with Crippen LogP contribution in [-0.4, -0.2) is 56.1 Å². The van der Waals surface area contributed by atoms with Crippen molar-refractivity contribution in [2.75, 3.05) is 39.3 Å². The standard InChI is InChI=1S/C25H31N3O/c1-21(25(29)28-15-13-23-11-5-6-12-24(23)20-28)27-18-16-26(17-19-27)14-7-10-22-8-3-2-4-9-22/h2-12,21H,13-20H2,1H3/p+2/b10-7+/t21-/m1/s1. The first-order chi connectivity index (χ1) is 14.2. The first-order valence-corrected chi connectivity index (χ1v) is 11.0. The number of carbonyl (C=O) groups excluding carboxylic acids is 1. The van der Waals surface area contributed by atoms with Gasteiger partial charge in [0.1, 0.15) is 26.2 Å². The molecule has 0 bridgehead atoms. The summed E-state index contributed by atoms with van der Waals surface area (Å²) in [6.45, 7) is 9.23. The van der Waals surface area contributed by atoms with Crippen molar-refractivity contribution < 1.29 is 14.6 Å². The summed E-state index contributed by atoms with van der Waals surface area (Å²) in [5.41, 5.74) is 3.98. The number of amides is 1. The Labute approximate surface area is 174 Å². The average Bonchev–Trinajstić information content (AvgIpc) is 2.79. The topological polar surface area (TPSA) is 29.2 Å². The third kappa shape index (κ3) is 4.95. The van der Waals surface area contributed by atoms with Gasteiger partial charge in [0.15, 0.2) is 6.04 Å². The molecule has 0 aromatic heterocycles. The van der Waals surface area contributed by atoms with Gasteiger partial charge in [-0.1, -0.05) is 60.7 Å². The number of piperazine rings is 1. The maximum Gasteiger partial charge on any atom is 0.280 e. The van der Waals surface area contributed by atoms with E-state index in [0.717, 1.165) is 52.2 Å². The number of hydrogen-bond acceptors (Lipinski definition) is 1. The van der Waals surface area contributed by atoms with E-state index in [9.17, 15) is 4.79 Å². The van der Waals surface area contributed by atoms with Crippen molar-refractivity contribution in [1.29, 1.82) is 0 Å². The van der Waals surface area contributed by atoms with Crippen LogP contribution < -0.4 is 9.80 Å². The van der Waals surface area contributed by atoms with Crippen LogP contribution in [0.2, 0.25) is 0 Å². The van der Waals surface area contributed by atoms with Gasteiger partial charge >= 0.3 is 0 Å². The maximum atomic E-state index is 13.1. The van der Waals surface area contributed by atoms with E-state index < -0.39 is 0 Å². The predicted octanol–water partition coefficient (Wildman–Crippen LogP) is 0.457. The first kappa shape index (κ1) is 19.9. The quantitative estimate of drug-likeness (QED) is 0.762. The number of benzene rings is 2. The minimum absolute atomic E-state index is 0.0571. The lowest BCUT2D eigenvalue weighted by molar-refractivity contribution is -1.02. The Balaban J connectivity index is 1.25. The van der Waals surface area contributed by atoms with Gasteiger partial charge in [0.25, 0.3) is 5.91 Å². The fraction of sp³-hybridized carbons (Fsp3) is 0.400. The second-order valence-corrected chi connectivity index (χ2v) is 8.43. The number of nitrogens with zero attached hydrogens (tertiary/aromatic N) is 1. The first-order valence-electron chi connectivity index (χ1n) is 11.0. The van der Waals surface area contributed by atoms with Crippen molar-refractivity contribution in [3.8, 4) is 0 Å². The predicted molar refractivity (Wildman–Crippen MR) is 117 cm³/mol. The molecule has 4 heteroatoms. The van der Waals surface area contributed by atoms with Crippen LogP contribution in [0, 0.1) is 0 Å². The van der Waals surface area contributed by atoms with Crippen LogP contribution in [-0.2, 0) is 17.8 Å². The van der Waals surface area contributed by atoms with E-state index in [1.807, 2.05) is 0 Å². The molecular formula is C25H33N3O+2. The van der Waals surface area contributed by atoms with Gasteiger partial charge in [0.05, 0.1) is 6.54 Å². The summed E-state index contributed by atoms with van der Waals surface area (Å²) in [7, 11) is 0. The van der Waals surface area contributed by atoms with E-state index in [1.54, 1.807) is 4.90 Å². The molecule has 0 radical (unpaired) electrons. The SMILES string of the molecule is C[C@H](C(=O)N1CCc2ccccc2C1)[NH+]1CC[NH+](C/C=C/c2ccccc2)CC1. The summed E-state index contributed by atoms with van der Waals surface area (Å²) in [6, 6.07) is 19.1. The van der Waals surface area contributed by atoms with E-state index in [0.29, 0.717) is 5.91 Å². The Morgan fingerprint density at radius 2 is 1.69 bits per heavy atom. The summed E-state index contributed by atoms with van der Waals surface area (Å²) in [5.74, 6) is 0.321. The highest BCUT2D eigenvalue weighted by Crippen LogP contribution is 2.18. The van der Waals surface area contributed by atoms with Gasteiger partial charge in [-0.2, -0.15) is 0 Å². The van der Waals surface area contributed by atoms with Gasteiger partial charge in [-0.05, 0) is 36.1 Å². The van der Waals surface area contributed by atoms with Crippen LogP contribution >= 0.6 is 0 Å². The van der Waals surface area contributed by atoms with Crippen LogP contribution in [0.5, 0.6) is 0 Å². The van der Waals surface area contributed by atoms with Crippen LogP contribution in [0.15, 0.2) is 60.7 Å². The molecule has 1 saturated heterocycles. The molecule has 1 amide bonds. The average molecular weight is 392 g/mol. The zero-order chi connectivity index (χ0) is 20.1. The molecule has 152 valence electrons. The lowest BCUT2D eigenvalue weighted by atomic mass is 9.99. The lowest BCUT2D eigenvalue weighted by Gasteiger charge is -2.36. The van der Waals surface area contributed by atoms with Gasteiger partial charge < -0.3 is 14.7 Å². The second-order valence-electron chi connectivity index (χ2n) is 8.43. The van der Waals surface area contributed by atoms with Crippen LogP contribution in [0.3, 0.4) is 0 Å². The zero-order valence-electron chi connectivity index (χ0n) is 17.4. The van der Waals surface area contributed by atoms with E-state index in [4.69, 9.17) is 0 Å². The Kier molecular flexibility index (Phi) is 6.43. The third-order valence-electron chi connectivity index (χ3n) is 6.54. The van der Waals surface area contributed by atoms with Gasteiger partial charge in [-0.15, -0.1) is 0 Å². The third-order valence-corrected chi connectivity index (χ3v) is 6.54. The molecule has 2 aromatic rings. The Morgan fingerprint density at radius 1 is 1.00 bits per heavy atom. The van der Waals surface area contributed by atoms with E-state index >= 15 is 0 Å². The molecule has 2 heterocycles. The van der Waals surface area contributed by atoms with Gasteiger partial charge in [0, 0.05) is 13.1 Å². The van der Waals surface area contributed by atoms with Crippen LogP contribution in [0.25, 0.3) is 6.08 Å². The maximum absolute atomic E-state index is 13.1. The summed E-state index contributed by atoms with van der Waals surface area (Å²) in [5, 5.41) is 0. The van der Waals surface area contributed by atoms with Crippen LogP contribution in [0.4, 0.5) is 0 Å². The molecule has 1 atom stereocenters. The summed E-state index contributed by atoms with van der Waals surface area (Å²) < 4.78 is 0. The second kappa shape index (κ2) is 9.38. The number of carbonyl (C=O) groups is 1. The van der Waals surface area contributed by atoms with Gasteiger partial charge in [-0.3, -0.25) is 4.79 Å². The molecule has 4 rings (SSSR count). The highest BCUT2D eigenvalue weighted by Gasteiger charge is 2.34. The Morgan fingerprint density at radius 3 is 2.45 bits per heavy atom. The van der Waals surface area contributed by atoms with E-state index in [1.165, 1.54) is 21.6 Å². The number of rotatable bonds is 5. The molecule has 0 saturated carbocycles. The summed E-state index contributed by atoms with van der Waals surface area (Å²) >= 11 is 0. The fourth-order valence-electron chi connectivity index (χ4n) is 4.62. The Bertz CT molecular complexity index is 840. The molecule has 2 aromatic carbocycles. The van der Waals surface area contributed by atoms with Crippen molar-refractivity contribution in [2.24, 2.45) is 0 Å². The largest absolute Gasteiger partial charge is 0.333 e. The number of hydrogen-bond donors (Lipinski definition) is 2. The smallest absolute Gasteiger partial charge is 0.280 e. The highest BCUT2D eigenvalue weighted by atomic mass is 16.2. The number of nitrogens with one attached hydrogen (secondary N) is 2. The summed E-state index contributed by atoms with van der Waals surface area (Å²) in [6.07, 6.45) is 5.48. The van der Waals surface area contributed by atoms with Crippen molar-refractivity contribution in [2.45, 2.75) is 25.9 Å². The summed E-state index contributed by atoms with van der Waals surface area (Å²) in [4.78, 5) is 18.2. The molecule has 29 heavy (non-hydrogen) atoms. The molecule has 2 aliphatic rings.